The van der Waals surface area contributed by atoms with Crippen molar-refractivity contribution >= 4 is 34.3 Å². The molecular weight excluding hydrogens is 561 g/mol. The second-order valence-corrected chi connectivity index (χ2v) is 10.7. The molecule has 1 aromatic carbocycles. The number of pyridine rings is 2. The first-order valence-corrected chi connectivity index (χ1v) is 14.0. The molecule has 0 bridgehead atoms. The largest absolute Gasteiger partial charge is 0.588 e. The lowest BCUT2D eigenvalue weighted by Crippen LogP contribution is -2.42. The Labute approximate surface area is 238 Å². The van der Waals surface area contributed by atoms with Gasteiger partial charge in [-0.2, -0.15) is 4.72 Å². The first kappa shape index (κ1) is 28.1. The number of hydrogen-bond donors (Lipinski definition) is 1. The molecule has 5 rings (SSSR count). The zero-order chi connectivity index (χ0) is 28.2. The van der Waals surface area contributed by atoms with E-state index in [9.17, 15) is 13.7 Å². The van der Waals surface area contributed by atoms with Crippen LogP contribution in [0.2, 0.25) is 5.02 Å². The van der Waals surface area contributed by atoms with E-state index < -0.39 is 17.2 Å². The standard InChI is InChI=1S/C27H27ClFN5O5S/c1-17-15-33(7-9-38-17)8-10-39-23-14-30-25-6-3-18(16-34(25)27(23)35)19-11-22(26(37-2)31-13-19)32-40(36)24-5-4-20(29)12-21(24)28/h3-6,11-14,16-17,32H,7-10,15H2,1-2H3. The molecule has 0 spiro atoms. The summed E-state index contributed by atoms with van der Waals surface area (Å²) in [6, 6.07) is 8.80. The Morgan fingerprint density at radius 3 is 2.85 bits per heavy atom. The van der Waals surface area contributed by atoms with E-state index in [4.69, 9.17) is 25.8 Å². The average Bonchev–Trinajstić information content (AvgIpc) is 2.94. The quantitative estimate of drug-likeness (QED) is 0.292. The highest BCUT2D eigenvalue weighted by molar-refractivity contribution is 7.92. The van der Waals surface area contributed by atoms with Gasteiger partial charge in [0.25, 0.3) is 5.56 Å². The summed E-state index contributed by atoms with van der Waals surface area (Å²) in [5.41, 5.74) is 1.70. The minimum Gasteiger partial charge on any atom is -0.588 e. The first-order chi connectivity index (χ1) is 19.3. The minimum atomic E-state index is -1.83. The van der Waals surface area contributed by atoms with E-state index in [-0.39, 0.29) is 33.2 Å². The maximum atomic E-state index is 13.4. The zero-order valence-corrected chi connectivity index (χ0v) is 23.4. The Kier molecular flexibility index (Phi) is 8.72. The molecule has 1 aliphatic heterocycles. The van der Waals surface area contributed by atoms with Crippen LogP contribution in [0.3, 0.4) is 0 Å². The number of methoxy groups -OCH3 is 1. The fourth-order valence-corrected chi connectivity index (χ4v) is 5.59. The third kappa shape index (κ3) is 6.31. The lowest BCUT2D eigenvalue weighted by atomic mass is 10.1. The topological polar surface area (TPSA) is 113 Å². The van der Waals surface area contributed by atoms with Crippen LogP contribution in [-0.2, 0) is 16.1 Å². The maximum Gasteiger partial charge on any atom is 0.300 e. The van der Waals surface area contributed by atoms with Crippen molar-refractivity contribution in [1.29, 1.82) is 0 Å². The van der Waals surface area contributed by atoms with Gasteiger partial charge in [-0.1, -0.05) is 11.6 Å². The summed E-state index contributed by atoms with van der Waals surface area (Å²) < 4.78 is 47.3. The molecule has 0 saturated carbocycles. The number of ether oxygens (including phenoxy) is 3. The van der Waals surface area contributed by atoms with Gasteiger partial charge < -0.3 is 18.8 Å². The Balaban J connectivity index is 1.37. The molecule has 1 aliphatic rings. The number of morpholine rings is 1. The summed E-state index contributed by atoms with van der Waals surface area (Å²) >= 11 is 4.25. The van der Waals surface area contributed by atoms with Crippen LogP contribution in [0.15, 0.2) is 64.7 Å². The molecule has 1 saturated heterocycles. The van der Waals surface area contributed by atoms with Crippen molar-refractivity contribution in [2.75, 3.05) is 44.7 Å². The Morgan fingerprint density at radius 1 is 1.23 bits per heavy atom. The molecule has 40 heavy (non-hydrogen) atoms. The van der Waals surface area contributed by atoms with E-state index in [1.165, 1.54) is 29.8 Å². The zero-order valence-electron chi connectivity index (χ0n) is 21.8. The number of halogens is 2. The van der Waals surface area contributed by atoms with Crippen molar-refractivity contribution in [3.8, 4) is 22.8 Å². The van der Waals surface area contributed by atoms with Crippen LogP contribution in [-0.4, -0.2) is 69.9 Å². The predicted octanol–water partition coefficient (Wildman–Crippen LogP) is 3.79. The fourth-order valence-electron chi connectivity index (χ4n) is 4.33. The summed E-state index contributed by atoms with van der Waals surface area (Å²) in [5.74, 6) is -0.189. The summed E-state index contributed by atoms with van der Waals surface area (Å²) in [7, 11) is 1.43. The highest BCUT2D eigenvalue weighted by Crippen LogP contribution is 2.31. The van der Waals surface area contributed by atoms with Crippen molar-refractivity contribution in [3.05, 3.63) is 76.2 Å². The highest BCUT2D eigenvalue weighted by Gasteiger charge is 2.21. The van der Waals surface area contributed by atoms with Crippen LogP contribution < -0.4 is 19.8 Å². The van der Waals surface area contributed by atoms with Gasteiger partial charge >= 0.3 is 0 Å². The van der Waals surface area contributed by atoms with Crippen LogP contribution >= 0.6 is 11.6 Å². The predicted molar refractivity (Wildman–Crippen MR) is 150 cm³/mol. The van der Waals surface area contributed by atoms with E-state index in [0.29, 0.717) is 42.2 Å². The lowest BCUT2D eigenvalue weighted by Gasteiger charge is -2.30. The Morgan fingerprint density at radius 2 is 2.08 bits per heavy atom. The molecule has 1 N–H and O–H groups in total. The second-order valence-electron chi connectivity index (χ2n) is 9.13. The lowest BCUT2D eigenvalue weighted by molar-refractivity contribution is -0.0214. The molecule has 0 aliphatic carbocycles. The number of nitrogens with zero attached hydrogens (tertiary/aromatic N) is 4. The van der Waals surface area contributed by atoms with Gasteiger partial charge in [-0.05, 0) is 37.3 Å². The molecule has 3 aromatic heterocycles. The summed E-state index contributed by atoms with van der Waals surface area (Å²) in [4.78, 5) is 24.3. The number of anilines is 1. The van der Waals surface area contributed by atoms with Crippen LogP contribution in [0.5, 0.6) is 11.6 Å². The summed E-state index contributed by atoms with van der Waals surface area (Å²) in [6.07, 6.45) is 4.82. The van der Waals surface area contributed by atoms with E-state index in [0.717, 1.165) is 19.2 Å². The summed E-state index contributed by atoms with van der Waals surface area (Å²) in [6.45, 7) is 5.37. The molecule has 4 aromatic rings. The third-order valence-corrected chi connectivity index (χ3v) is 7.92. The number of nitrogens with one attached hydrogen (secondary N) is 1. The van der Waals surface area contributed by atoms with Crippen molar-refractivity contribution in [2.24, 2.45) is 0 Å². The number of benzene rings is 1. The molecule has 10 nitrogen and oxygen atoms in total. The highest BCUT2D eigenvalue weighted by atomic mass is 35.5. The van der Waals surface area contributed by atoms with Crippen LogP contribution in [0.25, 0.3) is 16.8 Å². The van der Waals surface area contributed by atoms with Gasteiger partial charge in [0.1, 0.15) is 40.1 Å². The Hall–Kier alpha value is -3.42. The number of rotatable bonds is 9. The molecule has 2 atom stereocenters. The third-order valence-electron chi connectivity index (χ3n) is 6.34. The van der Waals surface area contributed by atoms with Crippen molar-refractivity contribution in [2.45, 2.75) is 17.9 Å². The monoisotopic (exact) mass is 587 g/mol. The Bertz CT molecular complexity index is 1570. The number of aromatic nitrogens is 3. The molecule has 13 heteroatoms. The molecule has 0 amide bonds. The fraction of sp³-hybridized carbons (Fsp3) is 0.296. The average molecular weight is 588 g/mol. The van der Waals surface area contributed by atoms with Gasteiger partial charge in [0.05, 0.1) is 26.0 Å². The van der Waals surface area contributed by atoms with Gasteiger partial charge in [-0.3, -0.25) is 14.1 Å². The molecule has 210 valence electrons. The normalized spacial score (nSPS) is 16.6. The first-order valence-electron chi connectivity index (χ1n) is 12.5. The van der Waals surface area contributed by atoms with Gasteiger partial charge in [0.2, 0.25) is 11.6 Å². The van der Waals surface area contributed by atoms with Crippen LogP contribution in [0, 0.1) is 5.82 Å². The van der Waals surface area contributed by atoms with E-state index in [1.54, 1.807) is 30.6 Å². The second kappa shape index (κ2) is 12.4. The number of fused-ring (bicyclic) bond motifs is 1. The SMILES string of the molecule is COc1ncc(-c2ccc3ncc(OCCN4CCOC(C)C4)c(=O)n3c2)cc1N[S+]([O-])c1ccc(F)cc1Cl. The summed E-state index contributed by atoms with van der Waals surface area (Å²) in [5, 5.41) is 0.0212. The van der Waals surface area contributed by atoms with Crippen molar-refractivity contribution < 1.29 is 23.2 Å². The van der Waals surface area contributed by atoms with Crippen molar-refractivity contribution in [3.63, 3.8) is 0 Å². The van der Waals surface area contributed by atoms with Gasteiger partial charge in [-0.15, -0.1) is 0 Å². The van der Waals surface area contributed by atoms with E-state index in [2.05, 4.69) is 19.6 Å². The molecule has 0 radical (unpaired) electrons. The van der Waals surface area contributed by atoms with E-state index in [1.807, 2.05) is 6.92 Å². The maximum absolute atomic E-state index is 13.4. The van der Waals surface area contributed by atoms with Crippen LogP contribution in [0.1, 0.15) is 6.92 Å². The smallest absolute Gasteiger partial charge is 0.300 e. The van der Waals surface area contributed by atoms with Gasteiger partial charge in [0, 0.05) is 49.2 Å². The molecule has 1 fully saturated rings. The minimum absolute atomic E-state index is 0.0212. The van der Waals surface area contributed by atoms with Gasteiger partial charge in [-0.25, -0.2) is 14.4 Å². The van der Waals surface area contributed by atoms with E-state index >= 15 is 0 Å². The van der Waals surface area contributed by atoms with Crippen LogP contribution in [0.4, 0.5) is 10.1 Å². The number of hydrogen-bond acceptors (Lipinski definition) is 9. The van der Waals surface area contributed by atoms with Gasteiger partial charge in [0.15, 0.2) is 4.90 Å². The van der Waals surface area contributed by atoms with Crippen molar-refractivity contribution in [1.82, 2.24) is 19.3 Å². The molecule has 2 unspecified atom stereocenters. The molecule has 4 heterocycles. The molecular formula is C27H27ClFN5O5S.